The van der Waals surface area contributed by atoms with E-state index in [4.69, 9.17) is 14.7 Å². The van der Waals surface area contributed by atoms with Crippen LogP contribution in [0.1, 0.15) is 28.4 Å². The van der Waals surface area contributed by atoms with Gasteiger partial charge in [-0.05, 0) is 36.8 Å². The lowest BCUT2D eigenvalue weighted by Crippen LogP contribution is -2.02. The number of benzene rings is 2. The van der Waals surface area contributed by atoms with Crippen LogP contribution >= 0.6 is 0 Å². The fourth-order valence-corrected chi connectivity index (χ4v) is 1.94. The molecule has 0 spiro atoms. The normalized spacial score (nSPS) is 9.71. The van der Waals surface area contributed by atoms with Crippen molar-refractivity contribution in [2.75, 3.05) is 6.61 Å². The molecule has 106 valence electrons. The van der Waals surface area contributed by atoms with Crippen LogP contribution in [0.3, 0.4) is 0 Å². The molecule has 0 atom stereocenters. The van der Waals surface area contributed by atoms with Crippen LogP contribution in [0, 0.1) is 11.3 Å². The van der Waals surface area contributed by atoms with Gasteiger partial charge in [0.25, 0.3) is 0 Å². The van der Waals surface area contributed by atoms with Crippen molar-refractivity contribution in [3.8, 4) is 17.6 Å². The molecule has 0 amide bonds. The lowest BCUT2D eigenvalue weighted by atomic mass is 10.1. The number of carbonyl (C=O) groups excluding carboxylic acids is 1. The fourth-order valence-electron chi connectivity index (χ4n) is 1.94. The molecule has 0 unspecified atom stereocenters. The largest absolute Gasteiger partial charge is 0.490 e. The predicted molar refractivity (Wildman–Crippen MR) is 78.5 cm³/mol. The van der Waals surface area contributed by atoms with Crippen LogP contribution in [-0.4, -0.2) is 12.9 Å². The van der Waals surface area contributed by atoms with Crippen molar-refractivity contribution in [2.24, 2.45) is 0 Å². The SMILES string of the molecule is CCOc1cccc(C=O)c1OCc1cccc(C#N)c1. The molecule has 4 heteroatoms. The molecule has 21 heavy (non-hydrogen) atoms. The number of carbonyl (C=O) groups is 1. The highest BCUT2D eigenvalue weighted by atomic mass is 16.5. The van der Waals surface area contributed by atoms with Gasteiger partial charge in [0.15, 0.2) is 17.8 Å². The highest BCUT2D eigenvalue weighted by Gasteiger charge is 2.10. The van der Waals surface area contributed by atoms with Gasteiger partial charge in [-0.15, -0.1) is 0 Å². The van der Waals surface area contributed by atoms with Crippen LogP contribution in [-0.2, 0) is 6.61 Å². The van der Waals surface area contributed by atoms with E-state index >= 15 is 0 Å². The molecule has 0 bridgehead atoms. The first kappa shape index (κ1) is 14.6. The van der Waals surface area contributed by atoms with Crippen LogP contribution in [0.5, 0.6) is 11.5 Å². The molecule has 2 rings (SSSR count). The maximum atomic E-state index is 11.1. The van der Waals surface area contributed by atoms with Gasteiger partial charge in [0.05, 0.1) is 23.8 Å². The van der Waals surface area contributed by atoms with Crippen LogP contribution in [0.25, 0.3) is 0 Å². The van der Waals surface area contributed by atoms with Crippen molar-refractivity contribution >= 4 is 6.29 Å². The van der Waals surface area contributed by atoms with E-state index in [-0.39, 0.29) is 6.61 Å². The average molecular weight is 281 g/mol. The Morgan fingerprint density at radius 2 is 2.00 bits per heavy atom. The van der Waals surface area contributed by atoms with Crippen LogP contribution in [0.15, 0.2) is 42.5 Å². The standard InChI is InChI=1S/C17H15NO3/c1-2-20-16-8-4-7-15(11-19)17(16)21-12-14-6-3-5-13(9-14)10-18/h3-9,11H,2,12H2,1H3. The molecule has 2 aromatic rings. The Morgan fingerprint density at radius 3 is 2.71 bits per heavy atom. The van der Waals surface area contributed by atoms with Crippen LogP contribution < -0.4 is 9.47 Å². The number of hydrogen-bond donors (Lipinski definition) is 0. The van der Waals surface area contributed by atoms with E-state index in [0.717, 1.165) is 11.8 Å². The lowest BCUT2D eigenvalue weighted by Gasteiger charge is -2.13. The second-order valence-corrected chi connectivity index (χ2v) is 4.33. The van der Waals surface area contributed by atoms with Gasteiger partial charge < -0.3 is 9.47 Å². The lowest BCUT2D eigenvalue weighted by molar-refractivity contribution is 0.111. The molecule has 0 radical (unpaired) electrons. The summed E-state index contributed by atoms with van der Waals surface area (Å²) in [7, 11) is 0. The number of aldehydes is 1. The third-order valence-electron chi connectivity index (χ3n) is 2.88. The van der Waals surface area contributed by atoms with Gasteiger partial charge in [-0.25, -0.2) is 0 Å². The molecular formula is C17H15NO3. The maximum absolute atomic E-state index is 11.1. The van der Waals surface area contributed by atoms with Gasteiger partial charge in [-0.3, -0.25) is 4.79 Å². The van der Waals surface area contributed by atoms with Gasteiger partial charge in [0, 0.05) is 0 Å². The Labute approximate surface area is 123 Å². The summed E-state index contributed by atoms with van der Waals surface area (Å²) in [6, 6.07) is 14.4. The first-order valence-electron chi connectivity index (χ1n) is 6.61. The number of rotatable bonds is 6. The molecule has 0 heterocycles. The number of hydrogen-bond acceptors (Lipinski definition) is 4. The van der Waals surface area contributed by atoms with Crippen molar-refractivity contribution < 1.29 is 14.3 Å². The third-order valence-corrected chi connectivity index (χ3v) is 2.88. The summed E-state index contributed by atoms with van der Waals surface area (Å²) in [6.07, 6.45) is 0.740. The zero-order chi connectivity index (χ0) is 15.1. The van der Waals surface area contributed by atoms with E-state index in [1.807, 2.05) is 13.0 Å². The summed E-state index contributed by atoms with van der Waals surface area (Å²) >= 11 is 0. The Bertz CT molecular complexity index is 674. The first-order chi connectivity index (χ1) is 10.3. The molecule has 4 nitrogen and oxygen atoms in total. The molecule has 0 N–H and O–H groups in total. The Kier molecular flexibility index (Phi) is 4.94. The maximum Gasteiger partial charge on any atom is 0.172 e. The number of nitriles is 1. The summed E-state index contributed by atoms with van der Waals surface area (Å²) in [6.45, 7) is 2.62. The van der Waals surface area contributed by atoms with E-state index < -0.39 is 0 Å². The third kappa shape index (κ3) is 3.61. The summed E-state index contributed by atoms with van der Waals surface area (Å²) in [5.74, 6) is 0.968. The quantitative estimate of drug-likeness (QED) is 0.762. The number of ether oxygens (including phenoxy) is 2. The van der Waals surface area contributed by atoms with Gasteiger partial charge in [0.1, 0.15) is 6.61 Å². The molecule has 0 saturated heterocycles. The van der Waals surface area contributed by atoms with Crippen molar-refractivity contribution in [3.63, 3.8) is 0 Å². The van der Waals surface area contributed by atoms with Gasteiger partial charge in [-0.1, -0.05) is 18.2 Å². The van der Waals surface area contributed by atoms with Gasteiger partial charge in [-0.2, -0.15) is 5.26 Å². The van der Waals surface area contributed by atoms with Crippen LogP contribution in [0.4, 0.5) is 0 Å². The Balaban J connectivity index is 2.22. The predicted octanol–water partition coefficient (Wildman–Crippen LogP) is 3.35. The summed E-state index contributed by atoms with van der Waals surface area (Å²) < 4.78 is 11.2. The van der Waals surface area contributed by atoms with Gasteiger partial charge >= 0.3 is 0 Å². The Hall–Kier alpha value is -2.80. The van der Waals surface area contributed by atoms with Gasteiger partial charge in [0.2, 0.25) is 0 Å². The molecule has 0 aliphatic carbocycles. The zero-order valence-corrected chi connectivity index (χ0v) is 11.7. The molecule has 0 aliphatic rings. The van der Waals surface area contributed by atoms with Crippen molar-refractivity contribution in [3.05, 3.63) is 59.2 Å². The minimum atomic E-state index is 0.264. The van der Waals surface area contributed by atoms with Crippen molar-refractivity contribution in [1.29, 1.82) is 5.26 Å². The minimum Gasteiger partial charge on any atom is -0.490 e. The monoisotopic (exact) mass is 281 g/mol. The molecule has 2 aromatic carbocycles. The molecule has 0 aliphatic heterocycles. The van der Waals surface area contributed by atoms with E-state index in [0.29, 0.717) is 29.2 Å². The average Bonchev–Trinajstić information content (AvgIpc) is 2.54. The topological polar surface area (TPSA) is 59.3 Å². The van der Waals surface area contributed by atoms with E-state index in [1.165, 1.54) is 0 Å². The van der Waals surface area contributed by atoms with Crippen molar-refractivity contribution in [2.45, 2.75) is 13.5 Å². The zero-order valence-electron chi connectivity index (χ0n) is 11.7. The summed E-state index contributed by atoms with van der Waals surface area (Å²) in [5.41, 5.74) is 1.87. The molecule has 0 aromatic heterocycles. The first-order valence-corrected chi connectivity index (χ1v) is 6.61. The minimum absolute atomic E-state index is 0.264. The molecule has 0 saturated carbocycles. The molecule has 0 fully saturated rings. The van der Waals surface area contributed by atoms with E-state index in [2.05, 4.69) is 6.07 Å². The fraction of sp³-hybridized carbons (Fsp3) is 0.176. The highest BCUT2D eigenvalue weighted by Crippen LogP contribution is 2.31. The van der Waals surface area contributed by atoms with Crippen molar-refractivity contribution in [1.82, 2.24) is 0 Å². The second kappa shape index (κ2) is 7.11. The number of nitrogens with zero attached hydrogens (tertiary/aromatic N) is 1. The smallest absolute Gasteiger partial charge is 0.172 e. The second-order valence-electron chi connectivity index (χ2n) is 4.33. The Morgan fingerprint density at radius 1 is 1.19 bits per heavy atom. The van der Waals surface area contributed by atoms with E-state index in [9.17, 15) is 4.79 Å². The summed E-state index contributed by atoms with van der Waals surface area (Å²) in [5, 5.41) is 8.89. The van der Waals surface area contributed by atoms with Crippen LogP contribution in [0.2, 0.25) is 0 Å². The van der Waals surface area contributed by atoms with E-state index in [1.54, 1.807) is 36.4 Å². The summed E-state index contributed by atoms with van der Waals surface area (Å²) in [4.78, 5) is 11.1. The molecular weight excluding hydrogens is 266 g/mol. The number of para-hydroxylation sites is 1. The highest BCUT2D eigenvalue weighted by molar-refractivity contribution is 5.81.